The second-order valence-corrected chi connectivity index (χ2v) is 4.74. The first-order chi connectivity index (χ1) is 8.58. The third-order valence-corrected chi connectivity index (χ3v) is 2.28. The van der Waals surface area contributed by atoms with Gasteiger partial charge in [0, 0.05) is 6.54 Å². The van der Waals surface area contributed by atoms with Gasteiger partial charge in [-0.05, 0) is 25.0 Å². The van der Waals surface area contributed by atoms with Gasteiger partial charge in [0.2, 0.25) is 0 Å². The van der Waals surface area contributed by atoms with Gasteiger partial charge in [-0.2, -0.15) is 0 Å². The van der Waals surface area contributed by atoms with Gasteiger partial charge in [0.1, 0.15) is 11.9 Å². The Bertz CT molecular complexity index is 368. The van der Waals surface area contributed by atoms with Gasteiger partial charge in [-0.3, -0.25) is 4.99 Å². The third-order valence-electron chi connectivity index (χ3n) is 2.28. The van der Waals surface area contributed by atoms with Crippen LogP contribution in [0.5, 0.6) is 5.75 Å². The summed E-state index contributed by atoms with van der Waals surface area (Å²) in [5, 5.41) is 3.06. The number of ether oxygens (including phenoxy) is 1. The molecule has 1 aromatic carbocycles. The largest absolute Gasteiger partial charge is 0.489 e. The molecule has 0 spiro atoms. The van der Waals surface area contributed by atoms with E-state index < -0.39 is 0 Å². The van der Waals surface area contributed by atoms with E-state index in [-0.39, 0.29) is 30.1 Å². The molecule has 0 radical (unpaired) electrons. The van der Waals surface area contributed by atoms with Crippen LogP contribution in [0.2, 0.25) is 0 Å². The molecular weight excluding hydrogens is 353 g/mol. The van der Waals surface area contributed by atoms with Crippen LogP contribution in [0.25, 0.3) is 0 Å². The number of hydrogen-bond acceptors (Lipinski definition) is 2. The van der Waals surface area contributed by atoms with E-state index in [2.05, 4.69) is 24.2 Å². The monoisotopic (exact) mass is 377 g/mol. The number of aliphatic imine (C=N–C) groups is 1. The summed E-state index contributed by atoms with van der Waals surface area (Å²) in [4.78, 5) is 4.23. The molecule has 1 rings (SSSR count). The maximum absolute atomic E-state index is 5.75. The molecule has 0 amide bonds. The number of nitrogens with zero attached hydrogens (tertiary/aromatic N) is 1. The number of rotatable bonds is 6. The number of para-hydroxylation sites is 1. The van der Waals surface area contributed by atoms with Crippen LogP contribution in [0.4, 0.5) is 0 Å². The van der Waals surface area contributed by atoms with Crippen LogP contribution in [0, 0.1) is 5.92 Å². The zero-order chi connectivity index (χ0) is 13.4. The van der Waals surface area contributed by atoms with Gasteiger partial charge < -0.3 is 15.8 Å². The molecule has 0 bridgehead atoms. The Hall–Kier alpha value is -0.980. The molecule has 1 unspecified atom stereocenters. The van der Waals surface area contributed by atoms with Gasteiger partial charge >= 0.3 is 0 Å². The number of guanidine groups is 1. The quantitative estimate of drug-likeness (QED) is 0.455. The minimum Gasteiger partial charge on any atom is -0.489 e. The summed E-state index contributed by atoms with van der Waals surface area (Å²) in [7, 11) is 0. The van der Waals surface area contributed by atoms with Gasteiger partial charge in [-0.1, -0.05) is 32.0 Å². The minimum atomic E-state index is 0. The van der Waals surface area contributed by atoms with Crippen LogP contribution < -0.4 is 15.8 Å². The number of benzene rings is 1. The van der Waals surface area contributed by atoms with Crippen molar-refractivity contribution in [3.63, 3.8) is 0 Å². The Morgan fingerprint density at radius 3 is 2.47 bits per heavy atom. The summed E-state index contributed by atoms with van der Waals surface area (Å²) >= 11 is 0. The molecule has 0 aliphatic rings. The van der Waals surface area contributed by atoms with E-state index in [1.165, 1.54) is 0 Å². The van der Waals surface area contributed by atoms with Crippen molar-refractivity contribution in [3.8, 4) is 5.75 Å². The number of nitrogens with one attached hydrogen (secondary N) is 1. The lowest BCUT2D eigenvalue weighted by atomic mass is 10.2. The van der Waals surface area contributed by atoms with E-state index in [1.807, 2.05) is 37.3 Å². The Labute approximate surface area is 132 Å². The predicted octanol–water partition coefficient (Wildman–Crippen LogP) is 2.63. The summed E-state index contributed by atoms with van der Waals surface area (Å²) in [5.74, 6) is 1.86. The SMILES string of the molecule is CC(C)CN=C(N)NCC(C)Oc1ccccc1.I. The van der Waals surface area contributed by atoms with E-state index in [1.54, 1.807) is 0 Å². The average Bonchev–Trinajstić information content (AvgIpc) is 2.35. The first-order valence-corrected chi connectivity index (χ1v) is 6.33. The molecule has 5 heteroatoms. The van der Waals surface area contributed by atoms with Gasteiger partial charge in [0.15, 0.2) is 5.96 Å². The molecular formula is C14H24IN3O. The van der Waals surface area contributed by atoms with Crippen LogP contribution in [-0.4, -0.2) is 25.2 Å². The van der Waals surface area contributed by atoms with E-state index >= 15 is 0 Å². The van der Waals surface area contributed by atoms with E-state index in [0.717, 1.165) is 12.3 Å². The number of hydrogen-bond donors (Lipinski definition) is 2. The fraction of sp³-hybridized carbons (Fsp3) is 0.500. The van der Waals surface area contributed by atoms with Crippen LogP contribution >= 0.6 is 24.0 Å². The first-order valence-electron chi connectivity index (χ1n) is 6.33. The Balaban J connectivity index is 0.00000324. The lowest BCUT2D eigenvalue weighted by Crippen LogP contribution is -2.38. The number of nitrogens with two attached hydrogens (primary N) is 1. The van der Waals surface area contributed by atoms with Crippen LogP contribution in [0.3, 0.4) is 0 Å². The van der Waals surface area contributed by atoms with Crippen molar-refractivity contribution in [1.29, 1.82) is 0 Å². The summed E-state index contributed by atoms with van der Waals surface area (Å²) in [6, 6.07) is 9.74. The maximum atomic E-state index is 5.75. The normalized spacial score (nSPS) is 12.7. The lowest BCUT2D eigenvalue weighted by molar-refractivity contribution is 0.224. The molecule has 1 atom stereocenters. The molecule has 0 saturated carbocycles. The molecule has 0 saturated heterocycles. The highest BCUT2D eigenvalue weighted by Crippen LogP contribution is 2.10. The molecule has 3 N–H and O–H groups in total. The topological polar surface area (TPSA) is 59.6 Å². The van der Waals surface area contributed by atoms with Gasteiger partial charge in [-0.15, -0.1) is 24.0 Å². The van der Waals surface area contributed by atoms with Gasteiger partial charge in [0.05, 0.1) is 6.54 Å². The molecule has 108 valence electrons. The summed E-state index contributed by atoms with van der Waals surface area (Å²) in [6.07, 6.45) is 0.0419. The van der Waals surface area contributed by atoms with Crippen molar-refractivity contribution < 1.29 is 4.74 Å². The highest BCUT2D eigenvalue weighted by Gasteiger charge is 2.03. The van der Waals surface area contributed by atoms with Crippen LogP contribution in [0.15, 0.2) is 35.3 Å². The van der Waals surface area contributed by atoms with Gasteiger partial charge in [0.25, 0.3) is 0 Å². The van der Waals surface area contributed by atoms with E-state index in [4.69, 9.17) is 10.5 Å². The highest BCUT2D eigenvalue weighted by atomic mass is 127. The molecule has 0 heterocycles. The fourth-order valence-electron chi connectivity index (χ4n) is 1.36. The summed E-state index contributed by atoms with van der Waals surface area (Å²) in [5.41, 5.74) is 5.75. The summed E-state index contributed by atoms with van der Waals surface area (Å²) < 4.78 is 5.72. The molecule has 0 aliphatic heterocycles. The Morgan fingerprint density at radius 2 is 1.89 bits per heavy atom. The van der Waals surface area contributed by atoms with E-state index in [9.17, 15) is 0 Å². The van der Waals surface area contributed by atoms with Crippen molar-refractivity contribution in [3.05, 3.63) is 30.3 Å². The van der Waals surface area contributed by atoms with Crippen molar-refractivity contribution in [2.24, 2.45) is 16.6 Å². The molecule has 0 aromatic heterocycles. The molecule has 19 heavy (non-hydrogen) atoms. The first kappa shape index (κ1) is 18.0. The smallest absolute Gasteiger partial charge is 0.188 e. The zero-order valence-corrected chi connectivity index (χ0v) is 14.1. The van der Waals surface area contributed by atoms with Crippen molar-refractivity contribution >= 4 is 29.9 Å². The Morgan fingerprint density at radius 1 is 1.26 bits per heavy atom. The second kappa shape index (κ2) is 9.89. The van der Waals surface area contributed by atoms with E-state index in [0.29, 0.717) is 18.4 Å². The lowest BCUT2D eigenvalue weighted by Gasteiger charge is -2.15. The average molecular weight is 377 g/mol. The zero-order valence-electron chi connectivity index (χ0n) is 11.8. The molecule has 0 aliphatic carbocycles. The minimum absolute atomic E-state index is 0. The maximum Gasteiger partial charge on any atom is 0.188 e. The fourth-order valence-corrected chi connectivity index (χ4v) is 1.36. The van der Waals surface area contributed by atoms with Crippen molar-refractivity contribution in [2.75, 3.05) is 13.1 Å². The Kier molecular flexibility index (Phi) is 9.38. The van der Waals surface area contributed by atoms with Crippen molar-refractivity contribution in [2.45, 2.75) is 26.9 Å². The van der Waals surface area contributed by atoms with Crippen LogP contribution in [0.1, 0.15) is 20.8 Å². The highest BCUT2D eigenvalue weighted by molar-refractivity contribution is 14.0. The van der Waals surface area contributed by atoms with Gasteiger partial charge in [-0.25, -0.2) is 0 Å². The van der Waals surface area contributed by atoms with Crippen molar-refractivity contribution in [1.82, 2.24) is 5.32 Å². The summed E-state index contributed by atoms with van der Waals surface area (Å²) in [6.45, 7) is 7.60. The molecule has 0 fully saturated rings. The second-order valence-electron chi connectivity index (χ2n) is 4.74. The standard InChI is InChI=1S/C14H23N3O.HI/c1-11(2)9-16-14(15)17-10-12(3)18-13-7-5-4-6-8-13;/h4-8,11-12H,9-10H2,1-3H3,(H3,15,16,17);1H. The predicted molar refractivity (Wildman–Crippen MR) is 91.3 cm³/mol. The molecule has 4 nitrogen and oxygen atoms in total. The number of halogens is 1. The van der Waals surface area contributed by atoms with Crippen LogP contribution in [-0.2, 0) is 0 Å². The third kappa shape index (κ3) is 8.69. The molecule has 1 aromatic rings.